The summed E-state index contributed by atoms with van der Waals surface area (Å²) in [4.78, 5) is 35.9. The van der Waals surface area contributed by atoms with Crippen LogP contribution in [0, 0.1) is 5.41 Å². The molecule has 0 radical (unpaired) electrons. The molecule has 0 spiro atoms. The van der Waals surface area contributed by atoms with Crippen LogP contribution in [0.3, 0.4) is 0 Å². The fourth-order valence-electron chi connectivity index (χ4n) is 3.40. The van der Waals surface area contributed by atoms with E-state index in [0.717, 1.165) is 10.8 Å². The number of carbonyl (C=O) groups is 3. The predicted octanol–water partition coefficient (Wildman–Crippen LogP) is 4.34. The van der Waals surface area contributed by atoms with Crippen molar-refractivity contribution in [2.24, 2.45) is 11.5 Å². The Labute approximate surface area is 217 Å². The number of rotatable bonds is 8. The van der Waals surface area contributed by atoms with E-state index in [1.165, 1.54) is 36.4 Å². The van der Waals surface area contributed by atoms with Gasteiger partial charge in [0.1, 0.15) is 23.4 Å². The third-order valence-electron chi connectivity index (χ3n) is 5.37. The van der Waals surface area contributed by atoms with Crippen LogP contribution < -0.4 is 16.2 Å². The summed E-state index contributed by atoms with van der Waals surface area (Å²) in [5, 5.41) is 18.1. The van der Waals surface area contributed by atoms with Gasteiger partial charge in [-0.1, -0.05) is 36.4 Å². The number of nitrogens with two attached hydrogens (primary N) is 2. The van der Waals surface area contributed by atoms with Gasteiger partial charge in [-0.15, -0.1) is 12.4 Å². The van der Waals surface area contributed by atoms with Gasteiger partial charge in [-0.2, -0.15) is 0 Å². The van der Waals surface area contributed by atoms with Crippen LogP contribution in [0.4, 0.5) is 0 Å². The molecule has 9 nitrogen and oxygen atoms in total. The summed E-state index contributed by atoms with van der Waals surface area (Å²) in [6.07, 6.45) is 2.76. The lowest BCUT2D eigenvalue weighted by molar-refractivity contribution is -0.116. The van der Waals surface area contributed by atoms with Crippen molar-refractivity contribution in [3.8, 4) is 5.75 Å². The smallest absolute Gasteiger partial charge is 0.379 e. The van der Waals surface area contributed by atoms with E-state index in [9.17, 15) is 14.4 Å². The number of fused-ring (bicyclic) bond motifs is 1. The summed E-state index contributed by atoms with van der Waals surface area (Å²) in [7, 11) is 0. The van der Waals surface area contributed by atoms with E-state index >= 15 is 0 Å². The first-order chi connectivity index (χ1) is 17.2. The Bertz CT molecular complexity index is 1520. The van der Waals surface area contributed by atoms with Crippen LogP contribution in [0.5, 0.6) is 5.75 Å². The Morgan fingerprint density at radius 1 is 0.919 bits per heavy atom. The lowest BCUT2D eigenvalue weighted by Crippen LogP contribution is -2.19. The maximum Gasteiger partial charge on any atom is 0.379 e. The first kappa shape index (κ1) is 26.9. The first-order valence-corrected chi connectivity index (χ1v) is 10.7. The Kier molecular flexibility index (Phi) is 8.23. The number of esters is 1. The predicted molar refractivity (Wildman–Crippen MR) is 140 cm³/mol. The number of carboxylic acid groups (broad SMARTS) is 1. The third-order valence-corrected chi connectivity index (χ3v) is 5.37. The summed E-state index contributed by atoms with van der Waals surface area (Å²) < 4.78 is 10.9. The van der Waals surface area contributed by atoms with E-state index in [1.54, 1.807) is 48.5 Å². The number of hydrogen-bond donors (Lipinski definition) is 4. The Balaban J connectivity index is 0.00000380. The highest BCUT2D eigenvalue weighted by Crippen LogP contribution is 2.24. The van der Waals surface area contributed by atoms with Gasteiger partial charge in [0.05, 0.1) is 5.56 Å². The number of benzene rings is 3. The van der Waals surface area contributed by atoms with Gasteiger partial charge in [0.15, 0.2) is 5.78 Å². The monoisotopic (exact) mass is 519 g/mol. The van der Waals surface area contributed by atoms with Crippen LogP contribution in [0.2, 0.25) is 0 Å². The molecule has 0 aliphatic carbocycles. The Hall–Kier alpha value is -4.73. The maximum absolute atomic E-state index is 12.5. The highest BCUT2D eigenvalue weighted by atomic mass is 35.5. The van der Waals surface area contributed by atoms with Gasteiger partial charge >= 0.3 is 11.9 Å². The number of aromatic carboxylic acids is 1. The second kappa shape index (κ2) is 11.3. The molecule has 1 atom stereocenters. The number of furan rings is 1. The summed E-state index contributed by atoms with van der Waals surface area (Å²) in [6, 6.07) is 17.9. The van der Waals surface area contributed by atoms with Gasteiger partial charge < -0.3 is 25.7 Å². The fourth-order valence-corrected chi connectivity index (χ4v) is 3.40. The molecule has 4 aromatic rings. The van der Waals surface area contributed by atoms with Crippen molar-refractivity contribution in [3.63, 3.8) is 0 Å². The zero-order chi connectivity index (χ0) is 25.8. The number of carboxylic acids is 1. The normalized spacial score (nSPS) is 11.6. The molecule has 188 valence electrons. The molecule has 0 bridgehead atoms. The molecule has 1 heterocycles. The number of hydrogen-bond acceptors (Lipinski definition) is 7. The zero-order valence-corrected chi connectivity index (χ0v) is 20.0. The van der Waals surface area contributed by atoms with E-state index < -0.39 is 23.8 Å². The van der Waals surface area contributed by atoms with Crippen LogP contribution in [0.1, 0.15) is 43.8 Å². The molecule has 0 saturated carbocycles. The lowest BCUT2D eigenvalue weighted by Gasteiger charge is -2.06. The average Bonchev–Trinajstić information content (AvgIpc) is 3.37. The van der Waals surface area contributed by atoms with Crippen molar-refractivity contribution in [2.75, 3.05) is 0 Å². The first-order valence-electron chi connectivity index (χ1n) is 10.7. The molecule has 0 saturated heterocycles. The largest absolute Gasteiger partial charge is 0.478 e. The van der Waals surface area contributed by atoms with Crippen molar-refractivity contribution in [1.82, 2.24) is 0 Å². The topological polar surface area (TPSA) is 170 Å². The van der Waals surface area contributed by atoms with Gasteiger partial charge in [0, 0.05) is 5.56 Å². The molecule has 0 aliphatic heterocycles. The molecular weight excluding hydrogens is 498 g/mol. The van der Waals surface area contributed by atoms with Crippen molar-refractivity contribution < 1.29 is 28.6 Å². The van der Waals surface area contributed by atoms with Crippen molar-refractivity contribution in [1.29, 1.82) is 5.41 Å². The molecule has 4 rings (SSSR count). The van der Waals surface area contributed by atoms with Crippen LogP contribution in [0.25, 0.3) is 16.8 Å². The number of ether oxygens (including phenoxy) is 1. The number of carbonyl (C=O) groups excluding carboxylic acids is 2. The Morgan fingerprint density at radius 2 is 1.57 bits per heavy atom. The molecule has 0 aliphatic rings. The number of ketones is 1. The van der Waals surface area contributed by atoms with Crippen molar-refractivity contribution >= 4 is 52.8 Å². The summed E-state index contributed by atoms with van der Waals surface area (Å²) in [5.74, 6) is -2.04. The molecular formula is C27H22ClN3O6. The minimum atomic E-state index is -1.14. The van der Waals surface area contributed by atoms with Crippen molar-refractivity contribution in [2.45, 2.75) is 6.04 Å². The van der Waals surface area contributed by atoms with Gasteiger partial charge in [-0.25, -0.2) is 9.59 Å². The molecule has 1 unspecified atom stereocenters. The second-order valence-electron chi connectivity index (χ2n) is 7.87. The number of nitrogens with one attached hydrogen (secondary N) is 1. The number of nitrogen functional groups attached to an aromatic ring is 1. The van der Waals surface area contributed by atoms with E-state index in [1.807, 2.05) is 0 Å². The molecule has 3 aromatic carbocycles. The Morgan fingerprint density at radius 3 is 2.24 bits per heavy atom. The maximum atomic E-state index is 12.5. The van der Waals surface area contributed by atoms with Gasteiger partial charge in [0.2, 0.25) is 5.76 Å². The lowest BCUT2D eigenvalue weighted by atomic mass is 10.1. The van der Waals surface area contributed by atoms with E-state index in [-0.39, 0.29) is 35.3 Å². The zero-order valence-electron chi connectivity index (χ0n) is 19.2. The molecule has 0 fully saturated rings. The average molecular weight is 520 g/mol. The SMILES string of the molecule is Cl.N=C(N)c1ccc2cc(OC(=O)c3ccc(C(N)C(=O)/C=C/c4ccc(C(=O)O)cc4)o3)ccc2c1. The van der Waals surface area contributed by atoms with Gasteiger partial charge in [-0.05, 0) is 64.9 Å². The standard InChI is InChI=1S/C27H21N3O6.ClH/c28-24(21(31)10-3-15-1-4-16(5-2-15)26(32)33)22-11-12-23(36-22)27(34)35-20-9-8-17-13-19(25(29)30)7-6-18(17)14-20;/h1-14,24H,28H2,(H3,29,30)(H,32,33);1H/b10-3+;. The highest BCUT2D eigenvalue weighted by Gasteiger charge is 2.21. The molecule has 10 heteroatoms. The van der Waals surface area contributed by atoms with E-state index in [4.69, 9.17) is 31.1 Å². The van der Waals surface area contributed by atoms with Crippen LogP contribution in [-0.4, -0.2) is 28.7 Å². The molecule has 6 N–H and O–H groups in total. The number of halogens is 1. The minimum absolute atomic E-state index is 0. The van der Waals surface area contributed by atoms with Crippen LogP contribution in [0.15, 0.2) is 83.3 Å². The fraction of sp³-hybridized carbons (Fsp3) is 0.0370. The van der Waals surface area contributed by atoms with Gasteiger partial charge in [-0.3, -0.25) is 10.2 Å². The van der Waals surface area contributed by atoms with Crippen molar-refractivity contribution in [3.05, 3.63) is 107 Å². The number of amidine groups is 1. The molecule has 0 amide bonds. The second-order valence-corrected chi connectivity index (χ2v) is 7.87. The van der Waals surface area contributed by atoms with E-state index in [2.05, 4.69) is 0 Å². The summed E-state index contributed by atoms with van der Waals surface area (Å²) >= 11 is 0. The van der Waals surface area contributed by atoms with Crippen LogP contribution in [-0.2, 0) is 4.79 Å². The summed E-state index contributed by atoms with van der Waals surface area (Å²) in [6.45, 7) is 0. The van der Waals surface area contributed by atoms with Crippen LogP contribution >= 0.6 is 12.4 Å². The quantitative estimate of drug-likeness (QED) is 0.0875. The van der Waals surface area contributed by atoms with E-state index in [0.29, 0.717) is 16.9 Å². The van der Waals surface area contributed by atoms with Gasteiger partial charge in [0.25, 0.3) is 0 Å². The molecule has 37 heavy (non-hydrogen) atoms. The molecule has 1 aromatic heterocycles. The third kappa shape index (κ3) is 6.29. The highest BCUT2D eigenvalue weighted by molar-refractivity contribution is 6.00. The minimum Gasteiger partial charge on any atom is -0.478 e. The summed E-state index contributed by atoms with van der Waals surface area (Å²) in [5.41, 5.74) is 12.8.